The van der Waals surface area contributed by atoms with E-state index in [1.54, 1.807) is 50.9 Å². The number of rotatable bonds is 17. The molecule has 2 aromatic heterocycles. The van der Waals surface area contributed by atoms with Gasteiger partial charge in [0.2, 0.25) is 0 Å². The van der Waals surface area contributed by atoms with Crippen molar-refractivity contribution in [2.24, 2.45) is 30.0 Å². The van der Waals surface area contributed by atoms with Crippen molar-refractivity contribution in [1.82, 2.24) is 18.6 Å². The molecule has 3 N–H and O–H groups in total. The molecule has 0 saturated carbocycles. The Morgan fingerprint density at radius 2 is 1.13 bits per heavy atom. The fraction of sp³-hybridized carbons (Fsp3) is 0.435. The van der Waals surface area contributed by atoms with Crippen LogP contribution in [0.5, 0.6) is 0 Å². The molecule has 0 bridgehead atoms. The smallest absolute Gasteiger partial charge is 0.356 e. The number of hydrogen-bond acceptors (Lipinski definition) is 8. The van der Waals surface area contributed by atoms with E-state index in [9.17, 15) is 13.8 Å². The maximum absolute atomic E-state index is 15.5. The Labute approximate surface area is 389 Å². The third-order valence-electron chi connectivity index (χ3n) is 10.00. The number of halogens is 2. The highest BCUT2D eigenvalue weighted by Gasteiger charge is 2.51. The van der Waals surface area contributed by atoms with Crippen LogP contribution in [0, 0.1) is 16.6 Å². The van der Waals surface area contributed by atoms with Crippen LogP contribution in [0.3, 0.4) is 0 Å². The number of nitrogens with zero attached hydrogens (tertiary/aromatic N) is 3. The lowest BCUT2D eigenvalue weighted by molar-refractivity contribution is 0.0506. The zero-order chi connectivity index (χ0) is 46.1. The minimum atomic E-state index is -3.44. The van der Waals surface area contributed by atoms with Crippen molar-refractivity contribution in [3.63, 3.8) is 0 Å². The second kappa shape index (κ2) is 23.8. The molecule has 0 fully saturated rings. The summed E-state index contributed by atoms with van der Waals surface area (Å²) in [4.78, 5) is 25.0. The fourth-order valence-electron chi connectivity index (χ4n) is 6.71. The number of ether oxygens (including phenoxy) is 2. The van der Waals surface area contributed by atoms with Crippen LogP contribution in [0.2, 0.25) is 15.1 Å². The van der Waals surface area contributed by atoms with Crippen molar-refractivity contribution in [1.29, 1.82) is 4.78 Å². The highest BCUT2D eigenvalue weighted by Crippen LogP contribution is 2.40. The van der Waals surface area contributed by atoms with E-state index >= 15 is 4.21 Å². The van der Waals surface area contributed by atoms with Gasteiger partial charge in [0.1, 0.15) is 31.2 Å². The van der Waals surface area contributed by atoms with Gasteiger partial charge in [-0.25, -0.2) is 36.3 Å². The Morgan fingerprint density at radius 1 is 0.762 bits per heavy atom. The molecule has 4 rings (SSSR count). The van der Waals surface area contributed by atoms with Crippen LogP contribution in [0.25, 0.3) is 0 Å². The van der Waals surface area contributed by atoms with E-state index in [1.807, 2.05) is 64.1 Å². The Hall–Kier alpha value is -3.96. The average Bonchev–Trinajstić information content (AvgIpc) is 3.68. The maximum atomic E-state index is 15.5. The van der Waals surface area contributed by atoms with Crippen molar-refractivity contribution >= 4 is 73.6 Å². The van der Waals surface area contributed by atoms with Crippen molar-refractivity contribution in [2.75, 3.05) is 13.2 Å². The molecule has 12 nitrogen and oxygen atoms in total. The van der Waals surface area contributed by atoms with Gasteiger partial charge in [0, 0.05) is 38.6 Å². The lowest BCUT2D eigenvalue weighted by Crippen LogP contribution is -2.64. The van der Waals surface area contributed by atoms with Crippen LogP contribution in [-0.2, 0) is 43.4 Å². The SMILES string of the molecule is C.C.C=CC(NS(=N)(=O)c1cn(C)c(C(=O)OCC)c1Cl)C(C)C.C=CC(NS(=O)(=N[Si](c1ccccc1)(c1ccccc1)C(C)(C)C)c1cn(C)c(C(=O)OCC)c1Cl)C(C)C. The largest absolute Gasteiger partial charge is 0.461 e. The van der Waals surface area contributed by atoms with E-state index in [0.29, 0.717) is 0 Å². The predicted molar refractivity (Wildman–Crippen MR) is 266 cm³/mol. The first-order valence-electron chi connectivity index (χ1n) is 20.0. The summed E-state index contributed by atoms with van der Waals surface area (Å²) in [6.07, 6.45) is 6.39. The number of hydrogen-bond donors (Lipinski definition) is 3. The zero-order valence-electron chi connectivity index (χ0n) is 37.1. The van der Waals surface area contributed by atoms with Gasteiger partial charge in [0.15, 0.2) is 0 Å². The first-order valence-corrected chi connectivity index (χ1v) is 25.8. The van der Waals surface area contributed by atoms with Gasteiger partial charge < -0.3 is 18.6 Å². The molecule has 350 valence electrons. The zero-order valence-corrected chi connectivity index (χ0v) is 41.2. The maximum Gasteiger partial charge on any atom is 0.356 e. The Morgan fingerprint density at radius 3 is 1.48 bits per heavy atom. The van der Waals surface area contributed by atoms with Gasteiger partial charge in [0.25, 0.3) is 8.24 Å². The molecule has 0 spiro atoms. The van der Waals surface area contributed by atoms with Gasteiger partial charge in [-0.05, 0) is 41.1 Å². The molecule has 0 aliphatic heterocycles. The van der Waals surface area contributed by atoms with E-state index < -0.39 is 45.0 Å². The van der Waals surface area contributed by atoms with E-state index in [0.717, 1.165) is 10.4 Å². The molecule has 63 heavy (non-hydrogen) atoms. The van der Waals surface area contributed by atoms with Crippen LogP contribution >= 0.6 is 23.2 Å². The number of carbonyl (C=O) groups excluding carboxylic acids is 2. The summed E-state index contributed by atoms with van der Waals surface area (Å²) in [6.45, 7) is 25.8. The molecule has 0 saturated heterocycles. The van der Waals surface area contributed by atoms with Gasteiger partial charge in [-0.15, -0.1) is 13.2 Å². The number of carbonyl (C=O) groups is 2. The molecule has 0 aliphatic carbocycles. The first kappa shape index (κ1) is 57.1. The van der Waals surface area contributed by atoms with E-state index in [1.165, 1.54) is 10.8 Å². The summed E-state index contributed by atoms with van der Waals surface area (Å²) >= 11 is 13.0. The molecule has 0 amide bonds. The van der Waals surface area contributed by atoms with Crippen molar-refractivity contribution in [3.8, 4) is 0 Å². The standard InChI is InChI=1S/C30H40ClN3O3SSi.C14H22ClN3O3S.2CH4/c1-9-25(22(3)4)32-38(36,26-21-34(8)28(27(26)31)29(35)37-10-2)33-39(30(5,6)7,23-17-13-11-14-18-23)24-19-15-12-16-20-24;1-6-10(9(3)4)17-22(16,20)11-8-18(5)13(12(11)15)14(19)21-7-2;;/h9,11-22,25H,1,10H2,2-8H3,(H,32,33,36);6,8-10H,1,7H2,2-5H3,(H2,16,17,20);2*1H4. The number of esters is 2. The molecule has 17 heteroatoms. The number of aromatic nitrogens is 2. The minimum absolute atomic E-state index is 0. The van der Waals surface area contributed by atoms with Crippen LogP contribution < -0.4 is 19.8 Å². The third kappa shape index (κ3) is 12.9. The first-order chi connectivity index (χ1) is 28.5. The summed E-state index contributed by atoms with van der Waals surface area (Å²) in [5.41, 5.74) is 0.223. The Kier molecular flexibility index (Phi) is 21.6. The number of aryl methyl sites for hydroxylation is 2. The van der Waals surface area contributed by atoms with E-state index in [2.05, 4.69) is 67.6 Å². The molecule has 0 radical (unpaired) electrons. The summed E-state index contributed by atoms with van der Waals surface area (Å²) in [5.74, 6) is -1.01. The molecular weight excluding hydrogens is 896 g/mol. The van der Waals surface area contributed by atoms with Crippen molar-refractivity contribution in [3.05, 3.63) is 120 Å². The Bertz CT molecular complexity index is 2360. The summed E-state index contributed by atoms with van der Waals surface area (Å²) < 4.78 is 61.0. The molecule has 4 unspecified atom stereocenters. The lowest BCUT2D eigenvalue weighted by Gasteiger charge is -2.41. The summed E-state index contributed by atoms with van der Waals surface area (Å²) in [6, 6.07) is 19.5. The molecule has 2 heterocycles. The van der Waals surface area contributed by atoms with Gasteiger partial charge in [-0.1, -0.05) is 159 Å². The molecule has 4 aromatic rings. The van der Waals surface area contributed by atoms with Crippen LogP contribution in [0.15, 0.2) is 112 Å². The van der Waals surface area contributed by atoms with Gasteiger partial charge in [0.05, 0.1) is 33.0 Å². The monoisotopic (exact) mass is 964 g/mol. The quantitative estimate of drug-likeness (QED) is 0.0543. The second-order valence-corrected chi connectivity index (χ2v) is 25.2. The number of benzene rings is 2. The fourth-order valence-corrected chi connectivity index (χ4v) is 18.4. The van der Waals surface area contributed by atoms with Crippen LogP contribution in [0.4, 0.5) is 0 Å². The normalized spacial score (nSPS) is 14.3. The third-order valence-corrected chi connectivity index (χ3v) is 20.6. The van der Waals surface area contributed by atoms with Crippen molar-refractivity contribution in [2.45, 2.75) is 104 Å². The highest BCUT2D eigenvalue weighted by atomic mass is 35.5. The molecule has 2 aromatic carbocycles. The molecular formula is C46H70Cl2N6O6S2Si. The highest BCUT2D eigenvalue weighted by molar-refractivity contribution is 7.93. The van der Waals surface area contributed by atoms with Crippen LogP contribution in [0.1, 0.15) is 98.1 Å². The van der Waals surface area contributed by atoms with Crippen molar-refractivity contribution < 1.29 is 27.5 Å². The van der Waals surface area contributed by atoms with E-state index in [4.69, 9.17) is 41.5 Å². The topological polar surface area (TPSA) is 157 Å². The summed E-state index contributed by atoms with van der Waals surface area (Å²) in [5, 5.41) is 1.69. The second-order valence-electron chi connectivity index (χ2n) is 16.1. The minimum Gasteiger partial charge on any atom is -0.461 e. The predicted octanol–water partition coefficient (Wildman–Crippen LogP) is 10.2. The van der Waals surface area contributed by atoms with Gasteiger partial charge in [-0.2, -0.15) is 0 Å². The van der Waals surface area contributed by atoms with E-state index in [-0.39, 0.29) is 83.2 Å². The van der Waals surface area contributed by atoms with Gasteiger partial charge in [-0.3, -0.25) is 0 Å². The molecule has 0 aliphatic rings. The Balaban J connectivity index is 0.000000707. The number of nitrogens with one attached hydrogen (secondary N) is 3. The lowest BCUT2D eigenvalue weighted by atomic mass is 10.1. The molecule has 4 atom stereocenters. The summed E-state index contributed by atoms with van der Waals surface area (Å²) in [7, 11) is -6.72. The van der Waals surface area contributed by atoms with Gasteiger partial charge >= 0.3 is 11.9 Å². The van der Waals surface area contributed by atoms with Crippen LogP contribution in [-0.4, -0.2) is 63.0 Å². The average molecular weight is 966 g/mol.